The van der Waals surface area contributed by atoms with Crippen molar-refractivity contribution in [1.82, 2.24) is 24.8 Å². The zero-order chi connectivity index (χ0) is 26.8. The average Bonchev–Trinajstić information content (AvgIpc) is 3.38. The number of hydrogen-bond acceptors (Lipinski definition) is 8. The third-order valence-corrected chi connectivity index (χ3v) is 6.59. The highest BCUT2D eigenvalue weighted by Crippen LogP contribution is 2.33. The van der Waals surface area contributed by atoms with E-state index in [4.69, 9.17) is 32.2 Å². The summed E-state index contributed by atoms with van der Waals surface area (Å²) in [5.74, 6) is 1.83. The van der Waals surface area contributed by atoms with Crippen molar-refractivity contribution in [2.45, 2.75) is 6.54 Å². The monoisotopic (exact) mass is 530 g/mol. The molecule has 5 aromatic rings. The van der Waals surface area contributed by atoms with Gasteiger partial charge in [0.25, 0.3) is 5.91 Å². The molecule has 2 aromatic carbocycles. The number of ether oxygens (including phenoxy) is 3. The number of methoxy groups -OCH3 is 3. The predicted octanol–water partition coefficient (Wildman–Crippen LogP) is 4.35. The van der Waals surface area contributed by atoms with Crippen LogP contribution in [0.1, 0.15) is 10.5 Å². The van der Waals surface area contributed by atoms with Crippen LogP contribution in [0.2, 0.25) is 0 Å². The Morgan fingerprint density at radius 2 is 1.79 bits per heavy atom. The van der Waals surface area contributed by atoms with Crippen molar-refractivity contribution >= 4 is 45.7 Å². The fourth-order valence-corrected chi connectivity index (χ4v) is 4.56. The van der Waals surface area contributed by atoms with E-state index in [1.807, 2.05) is 36.4 Å². The Hall–Kier alpha value is -4.64. The van der Waals surface area contributed by atoms with Crippen LogP contribution in [0.15, 0.2) is 54.7 Å². The molecule has 38 heavy (non-hydrogen) atoms. The molecular weight excluding hydrogens is 504 g/mol. The molecule has 0 aliphatic heterocycles. The van der Waals surface area contributed by atoms with Crippen molar-refractivity contribution in [3.8, 4) is 28.5 Å². The van der Waals surface area contributed by atoms with Crippen LogP contribution in [-0.4, -0.2) is 53.3 Å². The minimum Gasteiger partial charge on any atom is -0.493 e. The molecule has 0 atom stereocenters. The summed E-state index contributed by atoms with van der Waals surface area (Å²) in [6.45, 7) is 0.651. The first-order valence-electron chi connectivity index (χ1n) is 11.7. The van der Waals surface area contributed by atoms with E-state index in [1.54, 1.807) is 44.2 Å². The maximum absolute atomic E-state index is 12.9. The van der Waals surface area contributed by atoms with Crippen molar-refractivity contribution < 1.29 is 19.0 Å². The van der Waals surface area contributed by atoms with Gasteiger partial charge in [0.1, 0.15) is 11.5 Å². The number of amides is 1. The van der Waals surface area contributed by atoms with E-state index >= 15 is 0 Å². The summed E-state index contributed by atoms with van der Waals surface area (Å²) in [6.07, 6.45) is 1.76. The van der Waals surface area contributed by atoms with E-state index in [2.05, 4.69) is 20.3 Å². The van der Waals surface area contributed by atoms with E-state index < -0.39 is 0 Å². The number of nitrogens with two attached hydrogens (primary N) is 1. The first-order chi connectivity index (χ1) is 18.4. The minimum atomic E-state index is -0.237. The molecule has 0 saturated carbocycles. The normalized spacial score (nSPS) is 11.0. The molecule has 3 aromatic heterocycles. The molecule has 0 aliphatic rings. The Bertz CT molecular complexity index is 1710. The number of nitrogens with zero attached hydrogens (tertiary/aromatic N) is 3. The Kier molecular flexibility index (Phi) is 6.84. The lowest BCUT2D eigenvalue weighted by Gasteiger charge is -2.15. The first-order valence-corrected chi connectivity index (χ1v) is 12.2. The van der Waals surface area contributed by atoms with Crippen LogP contribution in [0.25, 0.3) is 32.9 Å². The molecular formula is C27H26N6O4S. The fourth-order valence-electron chi connectivity index (χ4n) is 4.28. The molecule has 0 spiro atoms. The maximum atomic E-state index is 12.9. The Balaban J connectivity index is 1.31. The molecule has 11 heteroatoms. The maximum Gasteiger partial charge on any atom is 0.267 e. The van der Waals surface area contributed by atoms with Gasteiger partial charge in [-0.15, -0.1) is 0 Å². The fraction of sp³-hybridized carbons (Fsp3) is 0.185. The van der Waals surface area contributed by atoms with Gasteiger partial charge in [0.15, 0.2) is 11.5 Å². The van der Waals surface area contributed by atoms with Gasteiger partial charge in [-0.1, -0.05) is 6.07 Å². The number of aromatic nitrogens is 4. The van der Waals surface area contributed by atoms with Crippen LogP contribution in [0, 0.1) is 4.77 Å². The first kappa shape index (κ1) is 25.0. The van der Waals surface area contributed by atoms with Gasteiger partial charge in [-0.05, 0) is 48.1 Å². The number of fused-ring (bicyclic) bond motifs is 2. The van der Waals surface area contributed by atoms with Crippen LogP contribution in [0.4, 0.5) is 5.82 Å². The third-order valence-electron chi connectivity index (χ3n) is 6.28. The van der Waals surface area contributed by atoms with Crippen LogP contribution < -0.4 is 25.3 Å². The quantitative estimate of drug-likeness (QED) is 0.253. The number of hydrogen-bond donors (Lipinski definition) is 3. The van der Waals surface area contributed by atoms with Crippen LogP contribution >= 0.6 is 12.2 Å². The van der Waals surface area contributed by atoms with Gasteiger partial charge in [0.2, 0.25) is 10.7 Å². The van der Waals surface area contributed by atoms with Gasteiger partial charge in [-0.2, -0.15) is 0 Å². The van der Waals surface area contributed by atoms with Crippen molar-refractivity contribution in [1.29, 1.82) is 0 Å². The highest BCUT2D eigenvalue weighted by molar-refractivity contribution is 7.71. The molecule has 1 amide bonds. The standard InChI is InChI=1S/C27H26N6O4S/c1-35-22-12-18-20(13-23(22)36-2)32-27(38)33(25(18)28)9-8-29-26(34)21-11-17-10-15(4-6-19(17)31-21)16-5-7-24(37-3)30-14-16/h4-7,10-14,31H,8-9,28H2,1-3H3,(H,29,34). The summed E-state index contributed by atoms with van der Waals surface area (Å²) in [5.41, 5.74) is 10.3. The van der Waals surface area contributed by atoms with Crippen LogP contribution in [-0.2, 0) is 6.54 Å². The number of nitrogen functional groups attached to an aromatic ring is 1. The Morgan fingerprint density at radius 3 is 2.50 bits per heavy atom. The molecule has 0 unspecified atom stereocenters. The molecule has 5 rings (SSSR count). The number of anilines is 1. The second kappa shape index (κ2) is 10.4. The number of H-pyrrole nitrogens is 1. The number of aromatic amines is 1. The zero-order valence-corrected chi connectivity index (χ0v) is 21.9. The summed E-state index contributed by atoms with van der Waals surface area (Å²) >= 11 is 5.46. The molecule has 0 radical (unpaired) electrons. The van der Waals surface area contributed by atoms with Crippen molar-refractivity contribution in [3.05, 3.63) is 65.2 Å². The molecule has 194 valence electrons. The van der Waals surface area contributed by atoms with Gasteiger partial charge in [0.05, 0.1) is 26.8 Å². The lowest BCUT2D eigenvalue weighted by molar-refractivity contribution is 0.0948. The van der Waals surface area contributed by atoms with Gasteiger partial charge >= 0.3 is 0 Å². The number of benzene rings is 2. The van der Waals surface area contributed by atoms with Crippen molar-refractivity contribution in [2.75, 3.05) is 33.6 Å². The highest BCUT2D eigenvalue weighted by Gasteiger charge is 2.14. The van der Waals surface area contributed by atoms with E-state index in [9.17, 15) is 4.79 Å². The van der Waals surface area contributed by atoms with E-state index in [0.29, 0.717) is 57.7 Å². The SMILES string of the molecule is COc1ccc(-c2ccc3[nH]c(C(=O)NCCn4c(N)c5cc(OC)c(OC)cc5nc4=S)cc3c2)cn1. The molecule has 0 bridgehead atoms. The summed E-state index contributed by atoms with van der Waals surface area (Å²) in [7, 11) is 4.69. The smallest absolute Gasteiger partial charge is 0.267 e. The largest absolute Gasteiger partial charge is 0.493 e. The van der Waals surface area contributed by atoms with E-state index in [1.165, 1.54) is 0 Å². The number of carbonyl (C=O) groups excluding carboxylic acids is 1. The topological polar surface area (TPSA) is 129 Å². The van der Waals surface area contributed by atoms with Crippen molar-refractivity contribution in [3.63, 3.8) is 0 Å². The highest BCUT2D eigenvalue weighted by atomic mass is 32.1. The number of pyridine rings is 1. The Labute approximate surface area is 223 Å². The van der Waals surface area contributed by atoms with Gasteiger partial charge in [0, 0.05) is 53.3 Å². The van der Waals surface area contributed by atoms with Gasteiger partial charge in [-0.25, -0.2) is 9.97 Å². The molecule has 3 heterocycles. The average molecular weight is 531 g/mol. The molecule has 4 N–H and O–H groups in total. The summed E-state index contributed by atoms with van der Waals surface area (Å²) in [6, 6.07) is 15.0. The second-order valence-corrected chi connectivity index (χ2v) is 8.85. The Morgan fingerprint density at radius 1 is 1.03 bits per heavy atom. The van der Waals surface area contributed by atoms with Crippen LogP contribution in [0.3, 0.4) is 0 Å². The third kappa shape index (κ3) is 4.71. The molecule has 0 fully saturated rings. The van der Waals surface area contributed by atoms with Crippen LogP contribution in [0.5, 0.6) is 17.4 Å². The minimum absolute atomic E-state index is 0.237. The van der Waals surface area contributed by atoms with E-state index in [0.717, 1.165) is 22.0 Å². The van der Waals surface area contributed by atoms with Gasteiger partial charge < -0.3 is 34.8 Å². The van der Waals surface area contributed by atoms with Gasteiger partial charge in [-0.3, -0.25) is 4.79 Å². The summed E-state index contributed by atoms with van der Waals surface area (Å²) in [5, 5.41) is 4.52. The summed E-state index contributed by atoms with van der Waals surface area (Å²) in [4.78, 5) is 24.8. The zero-order valence-electron chi connectivity index (χ0n) is 21.1. The molecule has 0 saturated heterocycles. The van der Waals surface area contributed by atoms with Crippen molar-refractivity contribution in [2.24, 2.45) is 0 Å². The lowest BCUT2D eigenvalue weighted by Crippen LogP contribution is -2.28. The number of rotatable bonds is 8. The predicted molar refractivity (Wildman–Crippen MR) is 148 cm³/mol. The lowest BCUT2D eigenvalue weighted by atomic mass is 10.1. The molecule has 10 nitrogen and oxygen atoms in total. The summed E-state index contributed by atoms with van der Waals surface area (Å²) < 4.78 is 17.8. The van der Waals surface area contributed by atoms with E-state index in [-0.39, 0.29) is 5.91 Å². The second-order valence-electron chi connectivity index (χ2n) is 8.49. The molecule has 0 aliphatic carbocycles. The number of carbonyl (C=O) groups is 1. The number of nitrogens with one attached hydrogen (secondary N) is 2.